The molecule has 0 bridgehead atoms. The normalized spacial score (nSPS) is 9.81. The summed E-state index contributed by atoms with van der Waals surface area (Å²) in [4.78, 5) is 0. The Balaban J connectivity index is 1.77. The summed E-state index contributed by atoms with van der Waals surface area (Å²) in [5.74, 6) is 10.1. The maximum Gasteiger partial charge on any atom is 0.160 e. The second-order valence-corrected chi connectivity index (χ2v) is 5.70. The first kappa shape index (κ1) is 17.5. The molecule has 0 radical (unpaired) electrons. The number of hydrogen-bond acceptors (Lipinski definition) is 1. The molecule has 0 amide bonds. The molecule has 128 valence electrons. The molecule has 0 heterocycles. The molecule has 0 saturated heterocycles. The number of halogens is 2. The van der Waals surface area contributed by atoms with Gasteiger partial charge in [-0.3, -0.25) is 0 Å². The van der Waals surface area contributed by atoms with E-state index in [1.807, 2.05) is 36.4 Å². The molecule has 3 aromatic rings. The van der Waals surface area contributed by atoms with E-state index in [1.54, 1.807) is 0 Å². The minimum atomic E-state index is -0.915. The van der Waals surface area contributed by atoms with Crippen molar-refractivity contribution in [2.75, 3.05) is 6.61 Å². The van der Waals surface area contributed by atoms with E-state index >= 15 is 0 Å². The van der Waals surface area contributed by atoms with Crippen LogP contribution < -0.4 is 4.74 Å². The molecule has 0 aliphatic rings. The van der Waals surface area contributed by atoms with Crippen LogP contribution in [0, 0.1) is 35.3 Å². The summed E-state index contributed by atoms with van der Waals surface area (Å²) in [6.07, 6.45) is 0.970. The van der Waals surface area contributed by atoms with Gasteiger partial charge in [-0.25, -0.2) is 8.78 Å². The molecular weight excluding hydrogens is 330 g/mol. The van der Waals surface area contributed by atoms with Crippen molar-refractivity contribution in [1.29, 1.82) is 0 Å². The Morgan fingerprint density at radius 1 is 0.769 bits per heavy atom. The molecule has 0 fully saturated rings. The van der Waals surface area contributed by atoms with Crippen LogP contribution in [0.2, 0.25) is 0 Å². The first-order valence-electron chi connectivity index (χ1n) is 8.29. The van der Waals surface area contributed by atoms with Crippen molar-refractivity contribution in [3.63, 3.8) is 0 Å². The van der Waals surface area contributed by atoms with Crippen molar-refractivity contribution in [3.8, 4) is 29.4 Å². The summed E-state index contributed by atoms with van der Waals surface area (Å²) in [5.41, 5.74) is 1.22. The van der Waals surface area contributed by atoms with Gasteiger partial charge < -0.3 is 4.74 Å². The maximum absolute atomic E-state index is 13.1. The minimum absolute atomic E-state index is 0.385. The lowest BCUT2D eigenvalue weighted by molar-refractivity contribution is 0.318. The fraction of sp³-hybridized carbons (Fsp3) is 0.130. The molecule has 0 aliphatic carbocycles. The zero-order chi connectivity index (χ0) is 18.4. The van der Waals surface area contributed by atoms with Crippen LogP contribution in [0.3, 0.4) is 0 Å². The SMILES string of the molecule is CCCOc1ccc2cc(C#CC#Cc3ccc(F)c(F)c3)ccc2c1. The van der Waals surface area contributed by atoms with Crippen LogP contribution >= 0.6 is 0 Å². The molecule has 0 saturated carbocycles. The molecular formula is C23H16F2O. The zero-order valence-corrected chi connectivity index (χ0v) is 14.3. The minimum Gasteiger partial charge on any atom is -0.494 e. The molecule has 0 atom stereocenters. The van der Waals surface area contributed by atoms with Gasteiger partial charge in [-0.1, -0.05) is 30.9 Å². The van der Waals surface area contributed by atoms with Crippen molar-refractivity contribution in [2.45, 2.75) is 13.3 Å². The predicted octanol–water partition coefficient (Wildman–Crippen LogP) is 5.31. The van der Waals surface area contributed by atoms with Crippen LogP contribution in [0.25, 0.3) is 10.8 Å². The van der Waals surface area contributed by atoms with Gasteiger partial charge in [0.1, 0.15) is 5.75 Å². The topological polar surface area (TPSA) is 9.23 Å². The second-order valence-electron chi connectivity index (χ2n) is 5.70. The van der Waals surface area contributed by atoms with Gasteiger partial charge in [0.25, 0.3) is 0 Å². The molecule has 0 unspecified atom stereocenters. The van der Waals surface area contributed by atoms with Gasteiger partial charge in [0.2, 0.25) is 0 Å². The van der Waals surface area contributed by atoms with E-state index in [9.17, 15) is 8.78 Å². The third-order valence-corrected chi connectivity index (χ3v) is 3.68. The van der Waals surface area contributed by atoms with Gasteiger partial charge in [0.05, 0.1) is 6.61 Å². The average molecular weight is 346 g/mol. The van der Waals surface area contributed by atoms with E-state index < -0.39 is 11.6 Å². The quantitative estimate of drug-likeness (QED) is 0.584. The highest BCUT2D eigenvalue weighted by molar-refractivity contribution is 5.85. The van der Waals surface area contributed by atoms with Crippen LogP contribution in [0.4, 0.5) is 8.78 Å². The summed E-state index contributed by atoms with van der Waals surface area (Å²) >= 11 is 0. The van der Waals surface area contributed by atoms with E-state index in [2.05, 4.69) is 30.6 Å². The summed E-state index contributed by atoms with van der Waals surface area (Å²) < 4.78 is 31.6. The van der Waals surface area contributed by atoms with Crippen molar-refractivity contribution in [1.82, 2.24) is 0 Å². The Bertz CT molecular complexity index is 1060. The second kappa shape index (κ2) is 8.19. The Labute approximate surface area is 151 Å². The Morgan fingerprint density at radius 3 is 2.15 bits per heavy atom. The largest absolute Gasteiger partial charge is 0.494 e. The first-order chi connectivity index (χ1) is 12.7. The number of rotatable bonds is 3. The van der Waals surface area contributed by atoms with Gasteiger partial charge in [-0.2, -0.15) is 0 Å². The smallest absolute Gasteiger partial charge is 0.160 e. The average Bonchev–Trinajstić information content (AvgIpc) is 2.66. The van der Waals surface area contributed by atoms with E-state index in [4.69, 9.17) is 4.74 Å². The van der Waals surface area contributed by atoms with Gasteiger partial charge in [-0.05, 0) is 71.5 Å². The number of hydrogen-bond donors (Lipinski definition) is 0. The Kier molecular flexibility index (Phi) is 5.52. The molecule has 0 aliphatic heterocycles. The maximum atomic E-state index is 13.1. The highest BCUT2D eigenvalue weighted by Crippen LogP contribution is 2.22. The molecule has 26 heavy (non-hydrogen) atoms. The number of ether oxygens (including phenoxy) is 1. The van der Waals surface area contributed by atoms with E-state index in [-0.39, 0.29) is 0 Å². The van der Waals surface area contributed by atoms with Crippen LogP contribution in [0.15, 0.2) is 54.6 Å². The highest BCUT2D eigenvalue weighted by atomic mass is 19.2. The molecule has 0 N–H and O–H groups in total. The molecule has 1 nitrogen and oxygen atoms in total. The van der Waals surface area contributed by atoms with Crippen molar-refractivity contribution < 1.29 is 13.5 Å². The van der Waals surface area contributed by atoms with Crippen LogP contribution in [-0.4, -0.2) is 6.61 Å². The first-order valence-corrected chi connectivity index (χ1v) is 8.29. The van der Waals surface area contributed by atoms with Crippen molar-refractivity contribution in [2.24, 2.45) is 0 Å². The van der Waals surface area contributed by atoms with Gasteiger partial charge in [0, 0.05) is 11.1 Å². The fourth-order valence-corrected chi connectivity index (χ4v) is 2.39. The Hall–Kier alpha value is -3.30. The molecule has 3 rings (SSSR count). The summed E-state index contributed by atoms with van der Waals surface area (Å²) in [5, 5.41) is 2.14. The zero-order valence-electron chi connectivity index (χ0n) is 14.3. The molecule has 3 aromatic carbocycles. The van der Waals surface area contributed by atoms with Gasteiger partial charge >= 0.3 is 0 Å². The number of fused-ring (bicyclic) bond motifs is 1. The predicted molar refractivity (Wildman–Crippen MR) is 99.8 cm³/mol. The van der Waals surface area contributed by atoms with Crippen LogP contribution in [0.5, 0.6) is 5.75 Å². The van der Waals surface area contributed by atoms with Gasteiger partial charge in [-0.15, -0.1) is 0 Å². The van der Waals surface area contributed by atoms with E-state index in [1.165, 1.54) is 6.07 Å². The highest BCUT2D eigenvalue weighted by Gasteiger charge is 2.00. The molecule has 0 spiro atoms. The summed E-state index contributed by atoms with van der Waals surface area (Å²) in [6, 6.07) is 15.3. The monoisotopic (exact) mass is 346 g/mol. The Morgan fingerprint density at radius 2 is 1.42 bits per heavy atom. The lowest BCUT2D eigenvalue weighted by atomic mass is 10.1. The van der Waals surface area contributed by atoms with Crippen molar-refractivity contribution in [3.05, 3.63) is 77.4 Å². The van der Waals surface area contributed by atoms with Crippen LogP contribution in [0.1, 0.15) is 24.5 Å². The molecule has 3 heteroatoms. The lowest BCUT2D eigenvalue weighted by Crippen LogP contribution is -1.94. The third-order valence-electron chi connectivity index (χ3n) is 3.68. The number of benzene rings is 3. The fourth-order valence-electron chi connectivity index (χ4n) is 2.39. The summed E-state index contributed by atoms with van der Waals surface area (Å²) in [6.45, 7) is 2.77. The third kappa shape index (κ3) is 4.41. The lowest BCUT2D eigenvalue weighted by Gasteiger charge is -2.06. The van der Waals surface area contributed by atoms with Crippen molar-refractivity contribution >= 4 is 10.8 Å². The van der Waals surface area contributed by atoms with Gasteiger partial charge in [0.15, 0.2) is 11.6 Å². The van der Waals surface area contributed by atoms with E-state index in [0.29, 0.717) is 12.2 Å². The molecule has 0 aromatic heterocycles. The standard InChI is InChI=1S/C23H16F2O/c1-2-13-26-21-11-10-19-14-17(7-9-20(19)16-21)5-3-4-6-18-8-12-22(24)23(25)15-18/h7-12,14-16H,2,13H2,1H3. The summed E-state index contributed by atoms with van der Waals surface area (Å²) in [7, 11) is 0. The van der Waals surface area contributed by atoms with E-state index in [0.717, 1.165) is 40.6 Å². The van der Waals surface area contributed by atoms with Crippen LogP contribution in [-0.2, 0) is 0 Å².